The first-order chi connectivity index (χ1) is 16.8. The molecule has 1 fully saturated rings. The zero-order chi connectivity index (χ0) is 24.7. The third kappa shape index (κ3) is 4.47. The normalized spacial score (nSPS) is 20.9. The second-order valence-electron chi connectivity index (χ2n) is 10.2. The number of benzene rings is 2. The molecule has 5 rings (SSSR count). The Balaban J connectivity index is 1.76. The van der Waals surface area contributed by atoms with Crippen LogP contribution in [0.1, 0.15) is 53.1 Å². The van der Waals surface area contributed by atoms with E-state index in [1.54, 1.807) is 18.2 Å². The number of nitrogens with zero attached hydrogens (tertiary/aromatic N) is 3. The summed E-state index contributed by atoms with van der Waals surface area (Å²) in [6, 6.07) is 10.3. The van der Waals surface area contributed by atoms with Crippen LogP contribution in [0.3, 0.4) is 0 Å². The Morgan fingerprint density at radius 1 is 1.14 bits per heavy atom. The maximum atomic E-state index is 15.4. The number of fused-ring (bicyclic) bond motifs is 5. The second-order valence-corrected chi connectivity index (χ2v) is 10.2. The van der Waals surface area contributed by atoms with Crippen LogP contribution in [-0.2, 0) is 13.1 Å². The lowest BCUT2D eigenvalue weighted by molar-refractivity contribution is 0.0697. The lowest BCUT2D eigenvalue weighted by atomic mass is 9.80. The first-order valence-electron chi connectivity index (χ1n) is 12.5. The van der Waals surface area contributed by atoms with Crippen LogP contribution >= 0.6 is 0 Å². The van der Waals surface area contributed by atoms with E-state index in [2.05, 4.69) is 14.4 Å². The van der Waals surface area contributed by atoms with Gasteiger partial charge in [-0.3, -0.25) is 4.90 Å². The van der Waals surface area contributed by atoms with Crippen molar-refractivity contribution < 1.29 is 18.7 Å². The van der Waals surface area contributed by atoms with Crippen molar-refractivity contribution in [2.75, 3.05) is 33.7 Å². The molecule has 2 aliphatic rings. The molecule has 0 spiro atoms. The van der Waals surface area contributed by atoms with Crippen molar-refractivity contribution in [2.24, 2.45) is 0 Å². The van der Waals surface area contributed by atoms with Crippen molar-refractivity contribution in [1.82, 2.24) is 14.4 Å². The minimum atomic E-state index is -0.991. The van der Waals surface area contributed by atoms with Crippen LogP contribution in [0, 0.1) is 5.82 Å². The summed E-state index contributed by atoms with van der Waals surface area (Å²) in [4.78, 5) is 16.2. The fourth-order valence-electron chi connectivity index (χ4n) is 5.84. The number of aromatic carboxylic acids is 1. The van der Waals surface area contributed by atoms with Gasteiger partial charge in [-0.2, -0.15) is 0 Å². The number of carboxylic acids is 1. The zero-order valence-electron chi connectivity index (χ0n) is 20.4. The van der Waals surface area contributed by atoms with Crippen molar-refractivity contribution in [3.05, 3.63) is 58.9 Å². The highest BCUT2D eigenvalue weighted by molar-refractivity contribution is 5.98. The quantitative estimate of drug-likeness (QED) is 0.522. The van der Waals surface area contributed by atoms with Crippen LogP contribution in [0.25, 0.3) is 22.2 Å². The number of carbonyl (C=O) groups is 1. The molecule has 3 aromatic rings. The van der Waals surface area contributed by atoms with E-state index >= 15 is 8.78 Å². The number of aromatic nitrogens is 1. The number of likely N-dealkylation sites (N-methyl/N-ethyl adjacent to an activating group) is 1. The molecule has 0 bridgehead atoms. The van der Waals surface area contributed by atoms with E-state index in [0.29, 0.717) is 31.6 Å². The molecule has 0 radical (unpaired) electrons. The van der Waals surface area contributed by atoms with E-state index in [0.717, 1.165) is 60.1 Å². The van der Waals surface area contributed by atoms with Gasteiger partial charge in [0.05, 0.1) is 11.3 Å². The van der Waals surface area contributed by atoms with Gasteiger partial charge in [-0.25, -0.2) is 13.6 Å². The molecule has 5 nitrogen and oxygen atoms in total. The van der Waals surface area contributed by atoms with Gasteiger partial charge in [-0.1, -0.05) is 31.0 Å². The standard InChI is InChI=1S/C28H33F2N3O2/c1-31(2)12-13-32-14-15-33-25-16-18(28(34)35)10-11-21(25)26(20-6-3-4-8-23(20)29)27(33)19-7-5-9-24(30)22(19)17-32/h5,7,9-11,16,20,23H,3-4,6,8,12-15,17H2,1-2H3,(H,34,35)/t20-,23-/m0/s1. The Kier molecular flexibility index (Phi) is 6.64. The molecule has 1 aliphatic heterocycles. The third-order valence-electron chi connectivity index (χ3n) is 7.66. The Hall–Kier alpha value is -2.77. The molecule has 35 heavy (non-hydrogen) atoms. The van der Waals surface area contributed by atoms with Gasteiger partial charge in [-0.05, 0) is 50.7 Å². The maximum absolute atomic E-state index is 15.4. The summed E-state index contributed by atoms with van der Waals surface area (Å²) in [6.45, 7) is 3.45. The summed E-state index contributed by atoms with van der Waals surface area (Å²) < 4.78 is 32.9. The predicted molar refractivity (Wildman–Crippen MR) is 134 cm³/mol. The van der Waals surface area contributed by atoms with Gasteiger partial charge in [0.2, 0.25) is 0 Å². The monoisotopic (exact) mass is 481 g/mol. The Morgan fingerprint density at radius 3 is 2.69 bits per heavy atom. The summed E-state index contributed by atoms with van der Waals surface area (Å²) in [5.41, 5.74) is 4.19. The van der Waals surface area contributed by atoms with E-state index in [4.69, 9.17) is 0 Å². The molecule has 2 aromatic carbocycles. The van der Waals surface area contributed by atoms with E-state index in [1.165, 1.54) is 6.07 Å². The molecule has 0 amide bonds. The van der Waals surface area contributed by atoms with Crippen molar-refractivity contribution in [2.45, 2.75) is 50.9 Å². The summed E-state index contributed by atoms with van der Waals surface area (Å²) in [5.74, 6) is -1.53. The number of rotatable bonds is 5. The molecule has 0 unspecified atom stereocenters. The third-order valence-corrected chi connectivity index (χ3v) is 7.66. The topological polar surface area (TPSA) is 48.7 Å². The van der Waals surface area contributed by atoms with Gasteiger partial charge >= 0.3 is 5.97 Å². The molecule has 2 heterocycles. The van der Waals surface area contributed by atoms with Crippen molar-refractivity contribution >= 4 is 16.9 Å². The van der Waals surface area contributed by atoms with E-state index in [1.807, 2.05) is 26.2 Å². The first kappa shape index (κ1) is 23.9. The number of halogens is 2. The minimum absolute atomic E-state index is 0.204. The summed E-state index contributed by atoms with van der Waals surface area (Å²) in [5, 5.41) is 10.6. The molecule has 186 valence electrons. The number of alkyl halides is 1. The molecular formula is C28H33F2N3O2. The lowest BCUT2D eigenvalue weighted by Gasteiger charge is -2.31. The first-order valence-corrected chi connectivity index (χ1v) is 12.5. The van der Waals surface area contributed by atoms with Crippen LogP contribution in [0.2, 0.25) is 0 Å². The fourth-order valence-corrected chi connectivity index (χ4v) is 5.84. The highest BCUT2D eigenvalue weighted by atomic mass is 19.1. The largest absolute Gasteiger partial charge is 0.478 e. The second kappa shape index (κ2) is 9.70. The average molecular weight is 482 g/mol. The van der Waals surface area contributed by atoms with Crippen LogP contribution in [0.15, 0.2) is 36.4 Å². The van der Waals surface area contributed by atoms with Crippen molar-refractivity contribution in [3.63, 3.8) is 0 Å². The van der Waals surface area contributed by atoms with Crippen LogP contribution in [-0.4, -0.2) is 65.3 Å². The van der Waals surface area contributed by atoms with E-state index < -0.39 is 12.1 Å². The highest BCUT2D eigenvalue weighted by Crippen LogP contribution is 2.46. The Morgan fingerprint density at radius 2 is 1.94 bits per heavy atom. The molecular weight excluding hydrogens is 448 g/mol. The Labute approximate surface area is 204 Å². The van der Waals surface area contributed by atoms with Gasteiger partial charge in [0.25, 0.3) is 0 Å². The number of hydrogen-bond acceptors (Lipinski definition) is 3. The SMILES string of the molecule is CN(C)CCN1CCn2c(c([C@H]3CCCC[C@@H]3F)c3ccc(C(=O)O)cc32)-c2cccc(F)c2C1. The average Bonchev–Trinajstić information content (AvgIpc) is 3.13. The molecule has 1 saturated carbocycles. The smallest absolute Gasteiger partial charge is 0.335 e. The molecule has 1 aromatic heterocycles. The maximum Gasteiger partial charge on any atom is 0.335 e. The molecule has 1 aliphatic carbocycles. The highest BCUT2D eigenvalue weighted by Gasteiger charge is 2.34. The molecule has 1 N–H and O–H groups in total. The minimum Gasteiger partial charge on any atom is -0.478 e. The van der Waals surface area contributed by atoms with Gasteiger partial charge < -0.3 is 14.6 Å². The van der Waals surface area contributed by atoms with Crippen molar-refractivity contribution in [1.29, 1.82) is 0 Å². The summed E-state index contributed by atoms with van der Waals surface area (Å²) in [6.07, 6.45) is 2.14. The zero-order valence-corrected chi connectivity index (χ0v) is 20.4. The number of carboxylic acid groups (broad SMARTS) is 1. The Bertz CT molecular complexity index is 1250. The summed E-state index contributed by atoms with van der Waals surface area (Å²) in [7, 11) is 4.04. The van der Waals surface area contributed by atoms with Gasteiger partial charge in [0, 0.05) is 60.7 Å². The molecule has 2 atom stereocenters. The van der Waals surface area contributed by atoms with Crippen LogP contribution in [0.4, 0.5) is 8.78 Å². The van der Waals surface area contributed by atoms with E-state index in [-0.39, 0.29) is 17.3 Å². The van der Waals surface area contributed by atoms with Gasteiger partial charge in [-0.15, -0.1) is 0 Å². The van der Waals surface area contributed by atoms with Gasteiger partial charge in [0.1, 0.15) is 12.0 Å². The predicted octanol–water partition coefficient (Wildman–Crippen LogP) is 5.52. The van der Waals surface area contributed by atoms with Crippen molar-refractivity contribution in [3.8, 4) is 11.3 Å². The van der Waals surface area contributed by atoms with Gasteiger partial charge in [0.15, 0.2) is 0 Å². The lowest BCUT2D eigenvalue weighted by Crippen LogP contribution is -2.35. The van der Waals surface area contributed by atoms with Crippen LogP contribution in [0.5, 0.6) is 0 Å². The van der Waals surface area contributed by atoms with E-state index in [9.17, 15) is 9.90 Å². The molecule has 7 heteroatoms. The fraction of sp³-hybridized carbons (Fsp3) is 0.464. The van der Waals surface area contributed by atoms with Crippen LogP contribution < -0.4 is 0 Å². The number of hydrogen-bond donors (Lipinski definition) is 1. The molecule has 0 saturated heterocycles. The summed E-state index contributed by atoms with van der Waals surface area (Å²) >= 11 is 0.